The SMILES string of the molecule is COc1cccc(C2OCC3(CCC4(COC(c5cccc(OC)c5OC)OC4)C3=O)CO2)c1OC. The Kier molecular flexibility index (Phi) is 6.82. The molecule has 36 heavy (non-hydrogen) atoms. The molecule has 194 valence electrons. The van der Waals surface area contributed by atoms with Crippen LogP contribution in [0.25, 0.3) is 0 Å². The lowest BCUT2D eigenvalue weighted by Crippen LogP contribution is -2.50. The van der Waals surface area contributed by atoms with E-state index in [2.05, 4.69) is 0 Å². The zero-order valence-corrected chi connectivity index (χ0v) is 21.0. The van der Waals surface area contributed by atoms with E-state index in [1.165, 1.54) is 0 Å². The molecule has 0 atom stereocenters. The van der Waals surface area contributed by atoms with Gasteiger partial charge in [-0.25, -0.2) is 0 Å². The fourth-order valence-electron chi connectivity index (χ4n) is 5.49. The second kappa shape index (κ2) is 9.89. The summed E-state index contributed by atoms with van der Waals surface area (Å²) < 4.78 is 46.2. The van der Waals surface area contributed by atoms with E-state index in [0.29, 0.717) is 35.8 Å². The molecule has 2 aromatic rings. The van der Waals surface area contributed by atoms with Gasteiger partial charge >= 0.3 is 0 Å². The molecule has 1 aliphatic carbocycles. The van der Waals surface area contributed by atoms with Crippen molar-refractivity contribution in [2.75, 3.05) is 54.9 Å². The Morgan fingerprint density at radius 3 is 1.36 bits per heavy atom. The largest absolute Gasteiger partial charge is 0.493 e. The maximum absolute atomic E-state index is 13.8. The van der Waals surface area contributed by atoms with Gasteiger partial charge < -0.3 is 37.9 Å². The molecule has 0 radical (unpaired) electrons. The monoisotopic (exact) mass is 500 g/mol. The number of carbonyl (C=O) groups is 1. The molecule has 2 spiro atoms. The van der Waals surface area contributed by atoms with Crippen molar-refractivity contribution in [3.05, 3.63) is 47.5 Å². The first-order valence-corrected chi connectivity index (χ1v) is 11.9. The molecule has 5 rings (SSSR count). The van der Waals surface area contributed by atoms with Gasteiger partial charge in [-0.1, -0.05) is 12.1 Å². The molecular weight excluding hydrogens is 468 g/mol. The van der Waals surface area contributed by atoms with Gasteiger partial charge in [-0.15, -0.1) is 0 Å². The summed E-state index contributed by atoms with van der Waals surface area (Å²) >= 11 is 0. The fraction of sp³-hybridized carbons (Fsp3) is 0.519. The molecule has 1 saturated carbocycles. The molecule has 2 heterocycles. The molecule has 2 aliphatic heterocycles. The van der Waals surface area contributed by atoms with Crippen LogP contribution >= 0.6 is 0 Å². The van der Waals surface area contributed by atoms with Crippen molar-refractivity contribution >= 4 is 5.78 Å². The molecule has 2 aromatic carbocycles. The Hall–Kier alpha value is -2.85. The average molecular weight is 501 g/mol. The van der Waals surface area contributed by atoms with Crippen LogP contribution in [0.1, 0.15) is 36.5 Å². The smallest absolute Gasteiger partial charge is 0.187 e. The molecule has 3 fully saturated rings. The summed E-state index contributed by atoms with van der Waals surface area (Å²) in [7, 11) is 6.32. The van der Waals surface area contributed by atoms with Crippen LogP contribution in [0.2, 0.25) is 0 Å². The number of rotatable bonds is 6. The molecule has 0 N–H and O–H groups in total. The lowest BCUT2D eigenvalue weighted by molar-refractivity contribution is -0.241. The van der Waals surface area contributed by atoms with E-state index in [0.717, 1.165) is 11.1 Å². The average Bonchev–Trinajstić information content (AvgIpc) is 3.19. The molecule has 9 nitrogen and oxygen atoms in total. The molecule has 0 unspecified atom stereocenters. The first-order valence-electron chi connectivity index (χ1n) is 11.9. The normalized spacial score (nSPS) is 29.9. The summed E-state index contributed by atoms with van der Waals surface area (Å²) in [6, 6.07) is 11.1. The predicted octanol–water partition coefficient (Wildman–Crippen LogP) is 3.85. The minimum absolute atomic E-state index is 0.0714. The van der Waals surface area contributed by atoms with E-state index >= 15 is 0 Å². The van der Waals surface area contributed by atoms with E-state index in [1.54, 1.807) is 28.4 Å². The number of hydrogen-bond donors (Lipinski definition) is 0. The molecule has 0 aromatic heterocycles. The number of ketones is 1. The predicted molar refractivity (Wildman–Crippen MR) is 127 cm³/mol. The molecule has 0 amide bonds. The topological polar surface area (TPSA) is 90.9 Å². The Labute approximate surface area is 210 Å². The van der Waals surface area contributed by atoms with E-state index in [4.69, 9.17) is 37.9 Å². The minimum Gasteiger partial charge on any atom is -0.493 e. The number of Topliss-reactive ketones (excluding diaryl/α,β-unsaturated/α-hetero) is 1. The maximum atomic E-state index is 13.8. The number of hydrogen-bond acceptors (Lipinski definition) is 9. The minimum atomic E-state index is -0.726. The van der Waals surface area contributed by atoms with E-state index < -0.39 is 23.4 Å². The second-order valence-corrected chi connectivity index (χ2v) is 9.46. The third-order valence-electron chi connectivity index (χ3n) is 7.46. The quantitative estimate of drug-likeness (QED) is 0.587. The van der Waals surface area contributed by atoms with Crippen molar-refractivity contribution in [3.63, 3.8) is 0 Å². The van der Waals surface area contributed by atoms with E-state index in [9.17, 15) is 4.79 Å². The highest BCUT2D eigenvalue weighted by atomic mass is 16.7. The standard InChI is InChI=1S/C27H32O9/c1-29-19-9-5-7-17(21(19)31-3)23-33-13-26(14-34-23)11-12-27(25(26)28)15-35-24(36-16-27)18-8-6-10-20(30-2)22(18)32-4/h5-10,23-24H,11-16H2,1-4H3. The van der Waals surface area contributed by atoms with Crippen LogP contribution in [-0.4, -0.2) is 60.6 Å². The van der Waals surface area contributed by atoms with Gasteiger partial charge in [-0.2, -0.15) is 0 Å². The second-order valence-electron chi connectivity index (χ2n) is 9.46. The van der Waals surface area contributed by atoms with E-state index in [1.807, 2.05) is 36.4 Å². The molecule has 2 saturated heterocycles. The number of benzene rings is 2. The highest BCUT2D eigenvalue weighted by Gasteiger charge is 2.60. The molecule has 0 bridgehead atoms. The van der Waals surface area contributed by atoms with Gasteiger partial charge in [0, 0.05) is 0 Å². The Morgan fingerprint density at radius 2 is 1.03 bits per heavy atom. The van der Waals surface area contributed by atoms with Gasteiger partial charge in [-0.05, 0) is 37.1 Å². The highest BCUT2D eigenvalue weighted by Crippen LogP contribution is 2.53. The summed E-state index contributed by atoms with van der Waals surface area (Å²) in [5.74, 6) is 2.38. The van der Waals surface area contributed by atoms with Gasteiger partial charge in [0.15, 0.2) is 41.4 Å². The van der Waals surface area contributed by atoms with Crippen LogP contribution < -0.4 is 18.9 Å². The van der Waals surface area contributed by atoms with Crippen molar-refractivity contribution in [1.29, 1.82) is 0 Å². The van der Waals surface area contributed by atoms with Crippen LogP contribution in [0.15, 0.2) is 36.4 Å². The molecule has 9 heteroatoms. The number of carbonyl (C=O) groups excluding carboxylic acids is 1. The fourth-order valence-corrected chi connectivity index (χ4v) is 5.49. The number of para-hydroxylation sites is 2. The number of ether oxygens (including phenoxy) is 8. The van der Waals surface area contributed by atoms with Crippen molar-refractivity contribution in [2.24, 2.45) is 10.8 Å². The van der Waals surface area contributed by atoms with Gasteiger partial charge in [0.2, 0.25) is 0 Å². The summed E-state index contributed by atoms with van der Waals surface area (Å²) in [5.41, 5.74) is 0.00331. The van der Waals surface area contributed by atoms with Crippen molar-refractivity contribution in [1.82, 2.24) is 0 Å². The van der Waals surface area contributed by atoms with Crippen molar-refractivity contribution in [2.45, 2.75) is 25.4 Å². The highest BCUT2D eigenvalue weighted by molar-refractivity contribution is 5.93. The van der Waals surface area contributed by atoms with Crippen LogP contribution in [0, 0.1) is 10.8 Å². The van der Waals surface area contributed by atoms with Crippen molar-refractivity contribution < 1.29 is 42.7 Å². The van der Waals surface area contributed by atoms with Gasteiger partial charge in [0.05, 0.1) is 76.8 Å². The van der Waals surface area contributed by atoms with Crippen LogP contribution in [-0.2, 0) is 23.7 Å². The Morgan fingerprint density at radius 1 is 0.639 bits per heavy atom. The first-order chi connectivity index (χ1) is 17.5. The zero-order chi connectivity index (χ0) is 25.3. The maximum Gasteiger partial charge on any atom is 0.187 e. The van der Waals surface area contributed by atoms with Gasteiger partial charge in [0.25, 0.3) is 0 Å². The van der Waals surface area contributed by atoms with Gasteiger partial charge in [0.1, 0.15) is 0 Å². The summed E-state index contributed by atoms with van der Waals surface area (Å²) in [6.07, 6.45) is 0.00371. The lowest BCUT2D eigenvalue weighted by atomic mass is 9.78. The third kappa shape index (κ3) is 4.00. The molecular formula is C27H32O9. The van der Waals surface area contributed by atoms with Crippen LogP contribution in [0.5, 0.6) is 23.0 Å². The molecule has 3 aliphatic rings. The number of methoxy groups -OCH3 is 4. The van der Waals surface area contributed by atoms with Gasteiger partial charge in [-0.3, -0.25) is 4.79 Å². The Balaban J connectivity index is 1.27. The Bertz CT molecular complexity index is 1010. The van der Waals surface area contributed by atoms with Crippen LogP contribution in [0.3, 0.4) is 0 Å². The third-order valence-corrected chi connectivity index (χ3v) is 7.46. The summed E-state index contributed by atoms with van der Waals surface area (Å²) in [5, 5.41) is 0. The van der Waals surface area contributed by atoms with Crippen molar-refractivity contribution in [3.8, 4) is 23.0 Å². The van der Waals surface area contributed by atoms with Crippen LogP contribution in [0.4, 0.5) is 0 Å². The first kappa shape index (κ1) is 24.8. The zero-order valence-electron chi connectivity index (χ0n) is 21.0. The summed E-state index contributed by atoms with van der Waals surface area (Å²) in [4.78, 5) is 13.8. The summed E-state index contributed by atoms with van der Waals surface area (Å²) in [6.45, 7) is 1.02. The lowest BCUT2D eigenvalue weighted by Gasteiger charge is -2.40. The van der Waals surface area contributed by atoms with E-state index in [-0.39, 0.29) is 32.2 Å².